The number of nitrogens with zero attached hydrogens (tertiary/aromatic N) is 3. The number of rotatable bonds is 5. The van der Waals surface area contributed by atoms with Gasteiger partial charge in [0.2, 0.25) is 0 Å². The molecule has 2 N–H and O–H groups in total. The minimum Gasteiger partial charge on any atom is -0.306 e. The largest absolute Gasteiger partial charge is 0.326 e. The summed E-state index contributed by atoms with van der Waals surface area (Å²) in [4.78, 5) is 19.3. The number of aryl methyl sites for hydroxylation is 2. The molecule has 1 aromatic carbocycles. The molecule has 0 saturated carbocycles. The Morgan fingerprint density at radius 1 is 1.29 bits per heavy atom. The number of fused-ring (bicyclic) bond motifs is 1. The van der Waals surface area contributed by atoms with Crippen molar-refractivity contribution in [1.82, 2.24) is 24.7 Å². The Morgan fingerprint density at radius 2 is 2.10 bits per heavy atom. The number of imidazole rings is 1. The van der Waals surface area contributed by atoms with E-state index in [2.05, 4.69) is 34.0 Å². The van der Waals surface area contributed by atoms with Gasteiger partial charge in [0.1, 0.15) is 5.82 Å². The van der Waals surface area contributed by atoms with E-state index in [4.69, 9.17) is 0 Å². The van der Waals surface area contributed by atoms with E-state index in [9.17, 15) is 4.79 Å². The van der Waals surface area contributed by atoms with Crippen LogP contribution in [-0.4, -0.2) is 24.7 Å². The van der Waals surface area contributed by atoms with E-state index in [1.165, 1.54) is 0 Å². The molecular formula is C15H19N5O. The summed E-state index contributed by atoms with van der Waals surface area (Å²) in [5, 5.41) is 7.18. The van der Waals surface area contributed by atoms with Crippen LogP contribution in [0.25, 0.3) is 11.0 Å². The van der Waals surface area contributed by atoms with E-state index in [1.54, 1.807) is 4.57 Å². The number of aromatic nitrogens is 5. The Kier molecular flexibility index (Phi) is 3.60. The zero-order valence-corrected chi connectivity index (χ0v) is 12.3. The number of H-pyrrole nitrogens is 2. The molecule has 3 rings (SSSR count). The lowest BCUT2D eigenvalue weighted by Gasteiger charge is -2.00. The molecule has 0 radical (unpaired) electrons. The molecule has 0 bridgehead atoms. The molecule has 3 aromatic rings. The van der Waals surface area contributed by atoms with Gasteiger partial charge in [0, 0.05) is 19.4 Å². The first-order valence-electron chi connectivity index (χ1n) is 7.21. The minimum absolute atomic E-state index is 0.0888. The molecule has 0 fully saturated rings. The molecule has 0 aliphatic rings. The smallest absolute Gasteiger partial charge is 0.306 e. The third kappa shape index (κ3) is 2.89. The maximum Gasteiger partial charge on any atom is 0.326 e. The minimum atomic E-state index is -0.0888. The standard InChI is InChI=1S/C15H19N5O/c1-10(2)9-14-17-13(18-19-14)7-8-20-12-6-4-3-5-11(12)16-15(20)21/h3-6,10H,7-9H2,1-2H3,(H,16,21)(H,17,18,19). The van der Waals surface area contributed by atoms with Gasteiger partial charge >= 0.3 is 5.69 Å². The summed E-state index contributed by atoms with van der Waals surface area (Å²) in [5.41, 5.74) is 1.69. The summed E-state index contributed by atoms with van der Waals surface area (Å²) in [6.07, 6.45) is 1.52. The Labute approximate surface area is 122 Å². The fourth-order valence-corrected chi connectivity index (χ4v) is 2.47. The van der Waals surface area contributed by atoms with Crippen LogP contribution in [0.2, 0.25) is 0 Å². The fourth-order valence-electron chi connectivity index (χ4n) is 2.47. The summed E-state index contributed by atoms with van der Waals surface area (Å²) < 4.78 is 1.73. The van der Waals surface area contributed by atoms with Crippen LogP contribution in [0.5, 0.6) is 0 Å². The van der Waals surface area contributed by atoms with Gasteiger partial charge in [0.05, 0.1) is 11.0 Å². The second-order valence-corrected chi connectivity index (χ2v) is 5.65. The van der Waals surface area contributed by atoms with Gasteiger partial charge in [-0.05, 0) is 18.1 Å². The normalized spacial score (nSPS) is 11.6. The molecule has 0 amide bonds. The first-order valence-corrected chi connectivity index (χ1v) is 7.21. The van der Waals surface area contributed by atoms with Crippen molar-refractivity contribution in [3.8, 4) is 0 Å². The maximum absolute atomic E-state index is 12.0. The molecule has 21 heavy (non-hydrogen) atoms. The van der Waals surface area contributed by atoms with Crippen molar-refractivity contribution in [2.24, 2.45) is 5.92 Å². The van der Waals surface area contributed by atoms with E-state index >= 15 is 0 Å². The summed E-state index contributed by atoms with van der Waals surface area (Å²) in [7, 11) is 0. The maximum atomic E-state index is 12.0. The molecule has 0 unspecified atom stereocenters. The van der Waals surface area contributed by atoms with Gasteiger partial charge in [-0.15, -0.1) is 0 Å². The van der Waals surface area contributed by atoms with Crippen molar-refractivity contribution >= 4 is 11.0 Å². The lowest BCUT2D eigenvalue weighted by Crippen LogP contribution is -2.18. The fraction of sp³-hybridized carbons (Fsp3) is 0.400. The topological polar surface area (TPSA) is 79.4 Å². The van der Waals surface area contributed by atoms with Crippen LogP contribution in [0.4, 0.5) is 0 Å². The number of hydrogen-bond acceptors (Lipinski definition) is 3. The zero-order valence-electron chi connectivity index (χ0n) is 12.3. The van der Waals surface area contributed by atoms with Crippen LogP contribution in [0.15, 0.2) is 29.1 Å². The average molecular weight is 285 g/mol. The number of para-hydroxylation sites is 2. The van der Waals surface area contributed by atoms with Gasteiger partial charge in [-0.1, -0.05) is 26.0 Å². The van der Waals surface area contributed by atoms with Crippen molar-refractivity contribution in [2.45, 2.75) is 33.2 Å². The zero-order chi connectivity index (χ0) is 14.8. The molecule has 0 saturated heterocycles. The van der Waals surface area contributed by atoms with Gasteiger partial charge in [0.15, 0.2) is 5.82 Å². The van der Waals surface area contributed by atoms with Gasteiger partial charge in [-0.25, -0.2) is 9.78 Å². The highest BCUT2D eigenvalue weighted by molar-refractivity contribution is 5.74. The van der Waals surface area contributed by atoms with Gasteiger partial charge < -0.3 is 4.98 Å². The molecule has 2 heterocycles. The summed E-state index contributed by atoms with van der Waals surface area (Å²) in [6.45, 7) is 4.86. The van der Waals surface area contributed by atoms with Crippen LogP contribution in [-0.2, 0) is 19.4 Å². The van der Waals surface area contributed by atoms with Crippen LogP contribution >= 0.6 is 0 Å². The average Bonchev–Trinajstić information content (AvgIpc) is 2.99. The summed E-state index contributed by atoms with van der Waals surface area (Å²) in [5.74, 6) is 2.20. The summed E-state index contributed by atoms with van der Waals surface area (Å²) >= 11 is 0. The number of hydrogen-bond donors (Lipinski definition) is 2. The second kappa shape index (κ2) is 5.55. The summed E-state index contributed by atoms with van der Waals surface area (Å²) in [6, 6.07) is 7.69. The van der Waals surface area contributed by atoms with Crippen molar-refractivity contribution in [3.63, 3.8) is 0 Å². The third-order valence-electron chi connectivity index (χ3n) is 3.42. The highest BCUT2D eigenvalue weighted by Gasteiger charge is 2.09. The monoisotopic (exact) mass is 285 g/mol. The van der Waals surface area contributed by atoms with E-state index in [0.717, 1.165) is 29.1 Å². The molecule has 0 atom stereocenters. The first-order chi connectivity index (χ1) is 10.1. The van der Waals surface area contributed by atoms with Crippen LogP contribution in [0.3, 0.4) is 0 Å². The van der Waals surface area contributed by atoms with E-state index in [-0.39, 0.29) is 5.69 Å². The van der Waals surface area contributed by atoms with Gasteiger partial charge in [-0.2, -0.15) is 5.10 Å². The quantitative estimate of drug-likeness (QED) is 0.751. The number of aromatic amines is 2. The lowest BCUT2D eigenvalue weighted by molar-refractivity contribution is 0.621. The van der Waals surface area contributed by atoms with E-state index < -0.39 is 0 Å². The van der Waals surface area contributed by atoms with Crippen LogP contribution in [0, 0.1) is 5.92 Å². The highest BCUT2D eigenvalue weighted by atomic mass is 16.1. The third-order valence-corrected chi connectivity index (χ3v) is 3.42. The predicted octanol–water partition coefficient (Wildman–Crippen LogP) is 1.89. The van der Waals surface area contributed by atoms with Crippen molar-refractivity contribution in [2.75, 3.05) is 0 Å². The lowest BCUT2D eigenvalue weighted by atomic mass is 10.1. The molecule has 0 aliphatic heterocycles. The molecule has 110 valence electrons. The van der Waals surface area contributed by atoms with Crippen LogP contribution < -0.4 is 5.69 Å². The SMILES string of the molecule is CC(C)Cc1nc(CCn2c(=O)[nH]c3ccccc32)n[nH]1. The Morgan fingerprint density at radius 3 is 2.90 bits per heavy atom. The van der Waals surface area contributed by atoms with Gasteiger partial charge in [0.25, 0.3) is 0 Å². The van der Waals surface area contributed by atoms with E-state index in [0.29, 0.717) is 18.9 Å². The predicted molar refractivity (Wildman–Crippen MR) is 81.2 cm³/mol. The molecular weight excluding hydrogens is 266 g/mol. The Balaban J connectivity index is 1.76. The Bertz CT molecular complexity index is 796. The molecule has 2 aromatic heterocycles. The Hall–Kier alpha value is -2.37. The molecule has 6 nitrogen and oxygen atoms in total. The number of benzene rings is 1. The molecule has 0 spiro atoms. The second-order valence-electron chi connectivity index (χ2n) is 5.65. The molecule has 6 heteroatoms. The van der Waals surface area contributed by atoms with Crippen LogP contribution in [0.1, 0.15) is 25.5 Å². The van der Waals surface area contributed by atoms with E-state index in [1.807, 2.05) is 24.3 Å². The van der Waals surface area contributed by atoms with Crippen molar-refractivity contribution < 1.29 is 0 Å². The van der Waals surface area contributed by atoms with Crippen molar-refractivity contribution in [3.05, 3.63) is 46.4 Å². The first kappa shape index (κ1) is 13.6. The van der Waals surface area contributed by atoms with Crippen molar-refractivity contribution in [1.29, 1.82) is 0 Å². The molecule has 0 aliphatic carbocycles. The van der Waals surface area contributed by atoms with Gasteiger partial charge in [-0.3, -0.25) is 9.67 Å². The highest BCUT2D eigenvalue weighted by Crippen LogP contribution is 2.10. The number of nitrogens with one attached hydrogen (secondary N) is 2.